The van der Waals surface area contributed by atoms with E-state index in [9.17, 15) is 4.79 Å². The molecule has 0 aromatic carbocycles. The van der Waals surface area contributed by atoms with E-state index in [-0.39, 0.29) is 11.8 Å². The van der Waals surface area contributed by atoms with Crippen LogP contribution in [0, 0.1) is 11.8 Å². The van der Waals surface area contributed by atoms with Crippen LogP contribution in [-0.4, -0.2) is 44.1 Å². The first-order valence-electron chi connectivity index (χ1n) is 5.78. The van der Waals surface area contributed by atoms with Gasteiger partial charge in [0.15, 0.2) is 11.5 Å². The summed E-state index contributed by atoms with van der Waals surface area (Å²) < 4.78 is 0. The zero-order chi connectivity index (χ0) is 12.7. The number of nitrogens with zero attached hydrogens (tertiary/aromatic N) is 4. The summed E-state index contributed by atoms with van der Waals surface area (Å²) in [6.45, 7) is 3.11. The lowest BCUT2D eigenvalue weighted by Crippen LogP contribution is -2.24. The van der Waals surface area contributed by atoms with Crippen molar-refractivity contribution in [3.63, 3.8) is 0 Å². The Labute approximate surface area is 103 Å². The summed E-state index contributed by atoms with van der Waals surface area (Å²) in [5, 5.41) is 9.14. The van der Waals surface area contributed by atoms with Crippen molar-refractivity contribution in [2.24, 2.45) is 11.8 Å². The largest absolute Gasteiger partial charge is 0.481 e. The molecule has 3 heterocycles. The van der Waals surface area contributed by atoms with Crippen LogP contribution in [0.1, 0.15) is 6.92 Å². The van der Waals surface area contributed by atoms with Gasteiger partial charge in [-0.05, 0) is 5.92 Å². The number of fused-ring (bicyclic) bond motifs is 1. The Hall–Kier alpha value is -2.18. The number of aromatic nitrogens is 4. The van der Waals surface area contributed by atoms with Gasteiger partial charge in [-0.1, -0.05) is 6.92 Å². The summed E-state index contributed by atoms with van der Waals surface area (Å²) in [4.78, 5) is 28.5. The second kappa shape index (κ2) is 3.94. The number of aliphatic carboxylic acids is 1. The van der Waals surface area contributed by atoms with Gasteiger partial charge in [-0.2, -0.15) is 0 Å². The van der Waals surface area contributed by atoms with Gasteiger partial charge in [-0.25, -0.2) is 15.0 Å². The lowest BCUT2D eigenvalue weighted by molar-refractivity contribution is -0.142. The molecule has 94 valence electrons. The fraction of sp³-hybridized carbons (Fsp3) is 0.455. The van der Waals surface area contributed by atoms with Crippen LogP contribution in [0.5, 0.6) is 0 Å². The van der Waals surface area contributed by atoms with Crippen molar-refractivity contribution in [1.29, 1.82) is 0 Å². The molecule has 2 aromatic heterocycles. The maximum Gasteiger partial charge on any atom is 0.308 e. The van der Waals surface area contributed by atoms with Crippen molar-refractivity contribution in [3.05, 3.63) is 12.7 Å². The lowest BCUT2D eigenvalue weighted by atomic mass is 9.99. The first-order chi connectivity index (χ1) is 8.66. The van der Waals surface area contributed by atoms with E-state index in [0.29, 0.717) is 18.7 Å². The maximum absolute atomic E-state index is 11.1. The SMILES string of the molecule is C[C@@H]1CN(c2ncnc3nc[nH]c23)C[C@H]1C(=O)O. The molecule has 0 bridgehead atoms. The number of imidazole rings is 1. The molecule has 0 spiro atoms. The van der Waals surface area contributed by atoms with Crippen LogP contribution in [0.2, 0.25) is 0 Å². The molecule has 0 aliphatic carbocycles. The topological polar surface area (TPSA) is 95.0 Å². The number of aromatic amines is 1. The molecule has 1 aliphatic rings. The summed E-state index contributed by atoms with van der Waals surface area (Å²) >= 11 is 0. The monoisotopic (exact) mass is 247 g/mol. The molecule has 1 aliphatic heterocycles. The molecule has 2 atom stereocenters. The third-order valence-corrected chi connectivity index (χ3v) is 3.43. The van der Waals surface area contributed by atoms with Gasteiger partial charge in [0.2, 0.25) is 0 Å². The molecule has 0 radical (unpaired) electrons. The summed E-state index contributed by atoms with van der Waals surface area (Å²) in [5.74, 6) is -0.263. The Kier molecular flexibility index (Phi) is 2.39. The number of anilines is 1. The van der Waals surface area contributed by atoms with E-state index < -0.39 is 5.97 Å². The third kappa shape index (κ3) is 1.59. The number of carbonyl (C=O) groups is 1. The Balaban J connectivity index is 1.97. The quantitative estimate of drug-likeness (QED) is 0.802. The number of H-pyrrole nitrogens is 1. The van der Waals surface area contributed by atoms with Gasteiger partial charge in [0.1, 0.15) is 11.8 Å². The average molecular weight is 247 g/mol. The van der Waals surface area contributed by atoms with Crippen molar-refractivity contribution >= 4 is 23.0 Å². The third-order valence-electron chi connectivity index (χ3n) is 3.43. The van der Waals surface area contributed by atoms with Gasteiger partial charge >= 0.3 is 5.97 Å². The molecule has 0 unspecified atom stereocenters. The van der Waals surface area contributed by atoms with E-state index in [1.165, 1.54) is 6.33 Å². The fourth-order valence-electron chi connectivity index (χ4n) is 2.45. The van der Waals surface area contributed by atoms with Crippen LogP contribution in [0.25, 0.3) is 11.2 Å². The minimum Gasteiger partial charge on any atom is -0.481 e. The van der Waals surface area contributed by atoms with Gasteiger partial charge in [0, 0.05) is 13.1 Å². The normalized spacial score (nSPS) is 23.7. The van der Waals surface area contributed by atoms with Crippen molar-refractivity contribution < 1.29 is 9.90 Å². The van der Waals surface area contributed by atoms with Crippen LogP contribution in [-0.2, 0) is 4.79 Å². The predicted molar refractivity (Wildman–Crippen MR) is 64.2 cm³/mol. The van der Waals surface area contributed by atoms with E-state index in [2.05, 4.69) is 19.9 Å². The minimum absolute atomic E-state index is 0.107. The minimum atomic E-state index is -0.750. The van der Waals surface area contributed by atoms with Crippen LogP contribution in [0.3, 0.4) is 0 Å². The Bertz CT molecular complexity index is 596. The summed E-state index contributed by atoms with van der Waals surface area (Å²) in [7, 11) is 0. The smallest absolute Gasteiger partial charge is 0.308 e. The van der Waals surface area contributed by atoms with E-state index in [1.54, 1.807) is 6.33 Å². The summed E-state index contributed by atoms with van der Waals surface area (Å²) in [5.41, 5.74) is 1.36. The average Bonchev–Trinajstić information content (AvgIpc) is 2.94. The van der Waals surface area contributed by atoms with Gasteiger partial charge in [-0.15, -0.1) is 0 Å². The molecule has 2 aromatic rings. The Morgan fingerprint density at radius 1 is 1.44 bits per heavy atom. The Morgan fingerprint density at radius 3 is 3.00 bits per heavy atom. The number of hydrogen-bond acceptors (Lipinski definition) is 5. The van der Waals surface area contributed by atoms with Gasteiger partial charge in [0.05, 0.1) is 12.2 Å². The van der Waals surface area contributed by atoms with E-state index in [0.717, 1.165) is 11.3 Å². The van der Waals surface area contributed by atoms with Gasteiger partial charge in [0.25, 0.3) is 0 Å². The van der Waals surface area contributed by atoms with Crippen molar-refractivity contribution in [2.45, 2.75) is 6.92 Å². The zero-order valence-corrected chi connectivity index (χ0v) is 9.87. The lowest BCUT2D eigenvalue weighted by Gasteiger charge is -2.16. The van der Waals surface area contributed by atoms with Crippen molar-refractivity contribution in [3.8, 4) is 0 Å². The first kappa shape index (κ1) is 10.9. The zero-order valence-electron chi connectivity index (χ0n) is 9.87. The summed E-state index contributed by atoms with van der Waals surface area (Å²) in [6.07, 6.45) is 3.02. The van der Waals surface area contributed by atoms with Crippen LogP contribution in [0.4, 0.5) is 5.82 Å². The number of nitrogens with one attached hydrogen (secondary N) is 1. The number of carboxylic acids is 1. The number of rotatable bonds is 2. The highest BCUT2D eigenvalue weighted by Crippen LogP contribution is 2.29. The van der Waals surface area contributed by atoms with Gasteiger partial charge in [-0.3, -0.25) is 4.79 Å². The molecule has 2 N–H and O–H groups in total. The number of carboxylic acid groups (broad SMARTS) is 1. The number of hydrogen-bond donors (Lipinski definition) is 2. The molecule has 0 amide bonds. The van der Waals surface area contributed by atoms with Crippen LogP contribution >= 0.6 is 0 Å². The van der Waals surface area contributed by atoms with E-state index >= 15 is 0 Å². The molecule has 7 nitrogen and oxygen atoms in total. The molecule has 18 heavy (non-hydrogen) atoms. The first-order valence-corrected chi connectivity index (χ1v) is 5.78. The molecule has 1 fully saturated rings. The molecular formula is C11H13N5O2. The maximum atomic E-state index is 11.1. The molecule has 3 rings (SSSR count). The van der Waals surface area contributed by atoms with Crippen molar-refractivity contribution in [1.82, 2.24) is 19.9 Å². The second-order valence-electron chi connectivity index (χ2n) is 4.63. The van der Waals surface area contributed by atoms with Gasteiger partial charge < -0.3 is 15.0 Å². The molecule has 1 saturated heterocycles. The standard InChI is InChI=1S/C11H13N5O2/c1-6-2-16(3-7(6)11(17)18)10-8-9(13-4-12-8)14-5-15-10/h4-7H,2-3H2,1H3,(H,17,18)(H,12,13,14,15)/t6-,7-/m1/s1. The highest BCUT2D eigenvalue weighted by molar-refractivity contribution is 5.83. The molecule has 7 heteroatoms. The van der Waals surface area contributed by atoms with Crippen LogP contribution in [0.15, 0.2) is 12.7 Å². The second-order valence-corrected chi connectivity index (χ2v) is 4.63. The van der Waals surface area contributed by atoms with E-state index in [1.807, 2.05) is 11.8 Å². The highest BCUT2D eigenvalue weighted by atomic mass is 16.4. The molecule has 0 saturated carbocycles. The molecular weight excluding hydrogens is 234 g/mol. The van der Waals surface area contributed by atoms with Crippen molar-refractivity contribution in [2.75, 3.05) is 18.0 Å². The highest BCUT2D eigenvalue weighted by Gasteiger charge is 2.36. The summed E-state index contributed by atoms with van der Waals surface area (Å²) in [6, 6.07) is 0. The Morgan fingerprint density at radius 2 is 2.28 bits per heavy atom. The van der Waals surface area contributed by atoms with E-state index in [4.69, 9.17) is 5.11 Å². The predicted octanol–water partition coefficient (Wildman–Crippen LogP) is 0.510. The fourth-order valence-corrected chi connectivity index (χ4v) is 2.45. The van der Waals surface area contributed by atoms with Crippen LogP contribution < -0.4 is 4.90 Å².